The molecule has 1 aliphatic heterocycles. The first kappa shape index (κ1) is 24.1. The molecule has 1 atom stereocenters. The zero-order valence-electron chi connectivity index (χ0n) is 20.8. The normalized spacial score (nSPS) is 15.7. The average Bonchev–Trinajstić information content (AvgIpc) is 3.53. The lowest BCUT2D eigenvalue weighted by molar-refractivity contribution is -0.122. The fourth-order valence-electron chi connectivity index (χ4n) is 4.62. The Kier molecular flexibility index (Phi) is 6.84. The highest BCUT2D eigenvalue weighted by molar-refractivity contribution is 7.21. The molecule has 9 heteroatoms. The summed E-state index contributed by atoms with van der Waals surface area (Å²) in [5.41, 5.74) is 3.30. The number of carbonyl (C=O) groups is 1. The minimum Gasteiger partial charge on any atom is -0.350 e. The lowest BCUT2D eigenvalue weighted by atomic mass is 10.1. The van der Waals surface area contributed by atoms with E-state index in [1.54, 1.807) is 11.6 Å². The Bertz CT molecular complexity index is 1430. The maximum atomic E-state index is 13.2. The summed E-state index contributed by atoms with van der Waals surface area (Å²) in [4.78, 5) is 40.4. The van der Waals surface area contributed by atoms with Crippen molar-refractivity contribution in [3.63, 3.8) is 0 Å². The van der Waals surface area contributed by atoms with Gasteiger partial charge in [0.1, 0.15) is 11.9 Å². The molecule has 5 rings (SSSR count). The molecule has 1 saturated heterocycles. The van der Waals surface area contributed by atoms with E-state index in [4.69, 9.17) is 4.98 Å². The molecule has 2 aromatic carbocycles. The molecular weight excluding hydrogens is 472 g/mol. The zero-order chi connectivity index (χ0) is 25.2. The van der Waals surface area contributed by atoms with Gasteiger partial charge in [0.05, 0.1) is 0 Å². The molecule has 0 aliphatic carbocycles. The highest BCUT2D eigenvalue weighted by Crippen LogP contribution is 2.32. The van der Waals surface area contributed by atoms with Crippen LogP contribution in [-0.4, -0.2) is 52.0 Å². The van der Waals surface area contributed by atoms with Crippen LogP contribution in [0.2, 0.25) is 0 Å². The minimum absolute atomic E-state index is 0.0185. The van der Waals surface area contributed by atoms with Crippen LogP contribution >= 0.6 is 11.3 Å². The molecule has 1 aliphatic rings. The lowest BCUT2D eigenvalue weighted by Crippen LogP contribution is -2.43. The van der Waals surface area contributed by atoms with Crippen molar-refractivity contribution >= 4 is 32.7 Å². The Morgan fingerprint density at radius 2 is 1.83 bits per heavy atom. The van der Waals surface area contributed by atoms with Crippen molar-refractivity contribution in [2.45, 2.75) is 32.0 Å². The number of amides is 1. The predicted octanol–water partition coefficient (Wildman–Crippen LogP) is 3.40. The van der Waals surface area contributed by atoms with E-state index in [0.717, 1.165) is 37.1 Å². The van der Waals surface area contributed by atoms with Crippen LogP contribution in [0.3, 0.4) is 0 Å². The molecule has 186 valence electrons. The van der Waals surface area contributed by atoms with Gasteiger partial charge in [0.15, 0.2) is 15.5 Å². The molecule has 0 radical (unpaired) electrons. The van der Waals surface area contributed by atoms with Gasteiger partial charge in [-0.2, -0.15) is 0 Å². The first-order valence-electron chi connectivity index (χ1n) is 12.1. The van der Waals surface area contributed by atoms with Gasteiger partial charge in [-0.25, -0.2) is 9.97 Å². The number of hydrogen-bond donors (Lipinski definition) is 1. The van der Waals surface area contributed by atoms with Crippen LogP contribution in [0.5, 0.6) is 0 Å². The number of hydrogen-bond acceptors (Lipinski definition) is 7. The molecule has 3 heterocycles. The van der Waals surface area contributed by atoms with E-state index in [2.05, 4.69) is 27.3 Å². The van der Waals surface area contributed by atoms with Crippen molar-refractivity contribution in [1.29, 1.82) is 0 Å². The van der Waals surface area contributed by atoms with Gasteiger partial charge in [0, 0.05) is 32.2 Å². The first-order chi connectivity index (χ1) is 17.4. The van der Waals surface area contributed by atoms with Gasteiger partial charge in [0.25, 0.3) is 5.56 Å². The second-order valence-corrected chi connectivity index (χ2v) is 10.4. The summed E-state index contributed by atoms with van der Waals surface area (Å²) >= 11 is 1.38. The summed E-state index contributed by atoms with van der Waals surface area (Å²) in [7, 11) is 5.80. The lowest BCUT2D eigenvalue weighted by Gasteiger charge is -2.23. The fraction of sp³-hybridized carbons (Fsp3) is 0.333. The number of benzene rings is 2. The summed E-state index contributed by atoms with van der Waals surface area (Å²) in [5.74, 6) is 0.590. The summed E-state index contributed by atoms with van der Waals surface area (Å²) in [6.07, 6.45) is 1.65. The topological polar surface area (TPSA) is 83.4 Å². The smallest absolute Gasteiger partial charge is 0.281 e. The second kappa shape index (κ2) is 10.2. The second-order valence-electron chi connectivity index (χ2n) is 9.44. The Balaban J connectivity index is 1.40. The van der Waals surface area contributed by atoms with E-state index >= 15 is 0 Å². The van der Waals surface area contributed by atoms with E-state index in [1.165, 1.54) is 16.9 Å². The van der Waals surface area contributed by atoms with Crippen LogP contribution in [0.1, 0.15) is 24.0 Å². The molecule has 0 spiro atoms. The molecule has 4 aromatic rings. The van der Waals surface area contributed by atoms with Gasteiger partial charge in [-0.05, 0) is 38.1 Å². The maximum Gasteiger partial charge on any atom is 0.281 e. The number of fused-ring (bicyclic) bond motifs is 1. The first-order valence-corrected chi connectivity index (χ1v) is 12.9. The van der Waals surface area contributed by atoms with Crippen LogP contribution in [0, 0.1) is 0 Å². The Hall–Kier alpha value is -3.56. The number of anilines is 1. The quantitative estimate of drug-likeness (QED) is 0.417. The molecule has 2 aromatic heterocycles. The number of aromatic nitrogens is 3. The number of thiazole rings is 1. The number of carbonyl (C=O) groups excluding carboxylic acids is 1. The van der Waals surface area contributed by atoms with Crippen LogP contribution < -0.4 is 15.8 Å². The Morgan fingerprint density at radius 1 is 1.08 bits per heavy atom. The summed E-state index contributed by atoms with van der Waals surface area (Å²) in [6, 6.07) is 17.7. The maximum absolute atomic E-state index is 13.2. The SMILES string of the molecule is CN(C)Cc1ccc(-c2nc3sc(N4CCC[C@@H]4C(=O)NCc4ccccc4)nc3c(=O)n2C)cc1. The van der Waals surface area contributed by atoms with Crippen LogP contribution in [0.4, 0.5) is 5.13 Å². The summed E-state index contributed by atoms with van der Waals surface area (Å²) < 4.78 is 1.56. The number of rotatable bonds is 7. The van der Waals surface area contributed by atoms with E-state index in [1.807, 2.05) is 61.5 Å². The van der Waals surface area contributed by atoms with Crippen LogP contribution in [0.15, 0.2) is 59.4 Å². The molecule has 1 N–H and O–H groups in total. The van der Waals surface area contributed by atoms with E-state index in [0.29, 0.717) is 27.8 Å². The van der Waals surface area contributed by atoms with Gasteiger partial charge in [-0.1, -0.05) is 65.9 Å². The molecule has 0 bridgehead atoms. The van der Waals surface area contributed by atoms with E-state index < -0.39 is 0 Å². The molecule has 0 unspecified atom stereocenters. The minimum atomic E-state index is -0.304. The van der Waals surface area contributed by atoms with Crippen molar-refractivity contribution < 1.29 is 4.79 Å². The van der Waals surface area contributed by atoms with Gasteiger partial charge in [-0.15, -0.1) is 0 Å². The molecular formula is C27H30N6O2S. The van der Waals surface area contributed by atoms with Gasteiger partial charge < -0.3 is 15.1 Å². The largest absolute Gasteiger partial charge is 0.350 e. The summed E-state index contributed by atoms with van der Waals surface area (Å²) in [5, 5.41) is 3.73. The summed E-state index contributed by atoms with van der Waals surface area (Å²) in [6.45, 7) is 2.06. The molecule has 0 saturated carbocycles. The predicted molar refractivity (Wildman–Crippen MR) is 144 cm³/mol. The highest BCUT2D eigenvalue weighted by atomic mass is 32.1. The van der Waals surface area contributed by atoms with Gasteiger partial charge >= 0.3 is 0 Å². The fourth-order valence-corrected chi connectivity index (χ4v) is 5.63. The molecule has 1 amide bonds. The number of nitrogens with zero attached hydrogens (tertiary/aromatic N) is 5. The van der Waals surface area contributed by atoms with Crippen molar-refractivity contribution in [1.82, 2.24) is 24.8 Å². The third-order valence-electron chi connectivity index (χ3n) is 6.45. The monoisotopic (exact) mass is 502 g/mol. The van der Waals surface area contributed by atoms with Crippen LogP contribution in [-0.2, 0) is 24.9 Å². The number of nitrogens with one attached hydrogen (secondary N) is 1. The van der Waals surface area contributed by atoms with E-state index in [9.17, 15) is 9.59 Å². The van der Waals surface area contributed by atoms with Crippen molar-refractivity contribution in [2.24, 2.45) is 7.05 Å². The zero-order valence-corrected chi connectivity index (χ0v) is 21.6. The standard InChI is InChI=1S/C27H30N6O2S/c1-31(2)17-19-11-13-20(14-12-19)23-30-25-22(26(35)32(23)3)29-27(36-25)33-15-7-10-21(33)24(34)28-16-18-8-5-4-6-9-18/h4-6,8-9,11-14,21H,7,10,15-17H2,1-3H3,(H,28,34)/t21-/m1/s1. The highest BCUT2D eigenvalue weighted by Gasteiger charge is 2.33. The third kappa shape index (κ3) is 4.89. The Morgan fingerprint density at radius 3 is 2.56 bits per heavy atom. The van der Waals surface area contributed by atoms with Crippen LogP contribution in [0.25, 0.3) is 21.7 Å². The van der Waals surface area contributed by atoms with Gasteiger partial charge in [0.2, 0.25) is 5.91 Å². The molecule has 8 nitrogen and oxygen atoms in total. The van der Waals surface area contributed by atoms with Gasteiger partial charge in [-0.3, -0.25) is 14.2 Å². The average molecular weight is 503 g/mol. The van der Waals surface area contributed by atoms with Crippen molar-refractivity contribution in [3.8, 4) is 11.4 Å². The van der Waals surface area contributed by atoms with Crippen molar-refractivity contribution in [2.75, 3.05) is 25.5 Å². The molecule has 36 heavy (non-hydrogen) atoms. The molecule has 1 fully saturated rings. The van der Waals surface area contributed by atoms with E-state index in [-0.39, 0.29) is 17.5 Å². The Labute approximate surface area is 214 Å². The third-order valence-corrected chi connectivity index (χ3v) is 7.44. The van der Waals surface area contributed by atoms with Crippen molar-refractivity contribution in [3.05, 3.63) is 76.1 Å².